The van der Waals surface area contributed by atoms with Crippen molar-refractivity contribution >= 4 is 25.8 Å². The molecule has 0 radical (unpaired) electrons. The Morgan fingerprint density at radius 3 is 2.45 bits per heavy atom. The lowest BCUT2D eigenvalue weighted by molar-refractivity contribution is 1.10. The molecule has 0 saturated carbocycles. The summed E-state index contributed by atoms with van der Waals surface area (Å²) in [6, 6.07) is 10.3. The molecule has 0 atom stereocenters. The van der Waals surface area contributed by atoms with Gasteiger partial charge in [0, 0.05) is 12.2 Å². The van der Waals surface area contributed by atoms with Crippen molar-refractivity contribution < 1.29 is 0 Å². The van der Waals surface area contributed by atoms with E-state index in [0.29, 0.717) is 0 Å². The fourth-order valence-corrected chi connectivity index (χ4v) is 2.41. The zero-order valence-electron chi connectivity index (χ0n) is 6.63. The van der Waals surface area contributed by atoms with Gasteiger partial charge >= 0.3 is 0 Å². The van der Waals surface area contributed by atoms with E-state index in [4.69, 9.17) is 11.1 Å². The molecular weight excluding hydrogens is 174 g/mol. The number of rotatable bonds is 3. The maximum Gasteiger partial charge on any atom is 0.224 e. The number of benzene rings is 1. The topological polar surface area (TPSA) is 3.24 Å². The fraction of sp³-hybridized carbons (Fsp3) is 0.250. The minimum atomic E-state index is -0.565. The number of hydrogen-bond donors (Lipinski definition) is 0. The molecule has 11 heavy (non-hydrogen) atoms. The molecule has 0 aromatic heterocycles. The van der Waals surface area contributed by atoms with Gasteiger partial charge in [-0.2, -0.15) is 0 Å². The van der Waals surface area contributed by atoms with Crippen molar-refractivity contribution in [1.29, 1.82) is 0 Å². The van der Waals surface area contributed by atoms with E-state index in [1.165, 1.54) is 5.69 Å². The zero-order valence-corrected chi connectivity index (χ0v) is 8.80. The Kier molecular flexibility index (Phi) is 3.46. The van der Waals surface area contributed by atoms with Crippen LogP contribution in [-0.2, 0) is 0 Å². The van der Waals surface area contributed by atoms with Crippen LogP contribution >= 0.6 is 11.1 Å². The molecule has 0 heterocycles. The molecule has 1 rings (SSSR count). The molecule has 0 amide bonds. The van der Waals surface area contributed by atoms with E-state index in [1.807, 2.05) is 18.2 Å². The monoisotopic (exact) mass is 185 g/mol. The first kappa shape index (κ1) is 8.62. The van der Waals surface area contributed by atoms with Gasteiger partial charge in [-0.25, -0.2) is 0 Å². The average molecular weight is 186 g/mol. The van der Waals surface area contributed by atoms with E-state index in [1.54, 1.807) is 0 Å². The highest BCUT2D eigenvalue weighted by Gasteiger charge is 1.99. The second-order valence-electron chi connectivity index (χ2n) is 2.31. The SMILES string of the molecule is CCN([SiH2]Cl)c1ccccc1. The number of anilines is 1. The molecule has 0 fully saturated rings. The third-order valence-corrected chi connectivity index (χ3v) is 3.61. The van der Waals surface area contributed by atoms with E-state index in [-0.39, 0.29) is 0 Å². The van der Waals surface area contributed by atoms with Gasteiger partial charge in [-0.15, -0.1) is 11.1 Å². The Morgan fingerprint density at radius 2 is 2.00 bits per heavy atom. The second-order valence-corrected chi connectivity index (χ2v) is 4.03. The van der Waals surface area contributed by atoms with Crippen LogP contribution in [0.4, 0.5) is 5.69 Å². The molecular formula is C8H12ClNSi. The molecule has 60 valence electrons. The van der Waals surface area contributed by atoms with Crippen LogP contribution in [0.2, 0.25) is 0 Å². The molecule has 0 aliphatic heterocycles. The minimum Gasteiger partial charge on any atom is -0.390 e. The normalized spacial score (nSPS) is 10.7. The Balaban J connectivity index is 2.74. The van der Waals surface area contributed by atoms with E-state index < -0.39 is 8.99 Å². The van der Waals surface area contributed by atoms with Crippen molar-refractivity contribution in [3.05, 3.63) is 30.3 Å². The summed E-state index contributed by atoms with van der Waals surface area (Å²) in [5, 5.41) is 0. The van der Waals surface area contributed by atoms with Gasteiger partial charge in [-0.05, 0) is 19.1 Å². The van der Waals surface area contributed by atoms with Gasteiger partial charge in [0.25, 0.3) is 0 Å². The van der Waals surface area contributed by atoms with E-state index in [9.17, 15) is 0 Å². The van der Waals surface area contributed by atoms with Crippen molar-refractivity contribution in [2.75, 3.05) is 11.1 Å². The lowest BCUT2D eigenvalue weighted by atomic mass is 10.3. The Morgan fingerprint density at radius 1 is 1.36 bits per heavy atom. The summed E-state index contributed by atoms with van der Waals surface area (Å²) in [6.07, 6.45) is 0. The standard InChI is InChI=1S/C8H12ClNSi/c1-2-10(11-9)8-6-4-3-5-7-8/h3-7H,2,11H2,1H3. The summed E-state index contributed by atoms with van der Waals surface area (Å²) in [5.41, 5.74) is 1.25. The molecule has 0 spiro atoms. The highest BCUT2D eigenvalue weighted by molar-refractivity contribution is 6.95. The van der Waals surface area contributed by atoms with Gasteiger partial charge in [0.1, 0.15) is 0 Å². The maximum absolute atomic E-state index is 5.87. The molecule has 1 aromatic rings. The van der Waals surface area contributed by atoms with Crippen LogP contribution in [0.3, 0.4) is 0 Å². The van der Waals surface area contributed by atoms with Crippen LogP contribution in [-0.4, -0.2) is 15.5 Å². The quantitative estimate of drug-likeness (QED) is 0.513. The van der Waals surface area contributed by atoms with Gasteiger partial charge < -0.3 is 4.57 Å². The summed E-state index contributed by atoms with van der Waals surface area (Å²) in [5.74, 6) is 0. The molecule has 0 N–H and O–H groups in total. The average Bonchev–Trinajstić information content (AvgIpc) is 2.09. The van der Waals surface area contributed by atoms with Crippen molar-refractivity contribution in [3.8, 4) is 0 Å². The smallest absolute Gasteiger partial charge is 0.224 e. The van der Waals surface area contributed by atoms with E-state index >= 15 is 0 Å². The van der Waals surface area contributed by atoms with Crippen molar-refractivity contribution in [3.63, 3.8) is 0 Å². The van der Waals surface area contributed by atoms with Crippen LogP contribution in [0.15, 0.2) is 30.3 Å². The highest BCUT2D eigenvalue weighted by Crippen LogP contribution is 2.11. The zero-order chi connectivity index (χ0) is 8.10. The van der Waals surface area contributed by atoms with Gasteiger partial charge in [0.05, 0.1) is 0 Å². The summed E-state index contributed by atoms with van der Waals surface area (Å²) >= 11 is 5.87. The predicted molar refractivity (Wildman–Crippen MR) is 53.9 cm³/mol. The third-order valence-electron chi connectivity index (χ3n) is 1.65. The van der Waals surface area contributed by atoms with Crippen LogP contribution in [0.5, 0.6) is 0 Å². The predicted octanol–water partition coefficient (Wildman–Crippen LogP) is 1.75. The van der Waals surface area contributed by atoms with E-state index in [0.717, 1.165) is 6.54 Å². The molecule has 0 saturated heterocycles. The third kappa shape index (κ3) is 2.24. The maximum atomic E-state index is 5.87. The van der Waals surface area contributed by atoms with E-state index in [2.05, 4.69) is 23.6 Å². The van der Waals surface area contributed by atoms with Gasteiger partial charge in [0.15, 0.2) is 0 Å². The van der Waals surface area contributed by atoms with Gasteiger partial charge in [-0.1, -0.05) is 18.2 Å². The van der Waals surface area contributed by atoms with Crippen molar-refractivity contribution in [2.45, 2.75) is 6.92 Å². The lowest BCUT2D eigenvalue weighted by Gasteiger charge is -2.19. The molecule has 0 bridgehead atoms. The first-order chi connectivity index (χ1) is 5.38. The van der Waals surface area contributed by atoms with Crippen LogP contribution in [0, 0.1) is 0 Å². The molecule has 0 aliphatic carbocycles. The fourth-order valence-electron chi connectivity index (χ4n) is 0.975. The number of hydrogen-bond acceptors (Lipinski definition) is 1. The summed E-state index contributed by atoms with van der Waals surface area (Å²) in [7, 11) is -0.565. The highest BCUT2D eigenvalue weighted by atomic mass is 35.6. The molecule has 0 unspecified atom stereocenters. The summed E-state index contributed by atoms with van der Waals surface area (Å²) < 4.78 is 2.24. The number of para-hydroxylation sites is 1. The van der Waals surface area contributed by atoms with Crippen molar-refractivity contribution in [2.24, 2.45) is 0 Å². The lowest BCUT2D eigenvalue weighted by Crippen LogP contribution is -2.23. The summed E-state index contributed by atoms with van der Waals surface area (Å²) in [4.78, 5) is 0. The Hall–Kier alpha value is -0.473. The Labute approximate surface area is 74.6 Å². The minimum absolute atomic E-state index is 0.565. The van der Waals surface area contributed by atoms with Crippen LogP contribution in [0.25, 0.3) is 0 Å². The first-order valence-electron chi connectivity index (χ1n) is 3.74. The number of halogens is 1. The first-order valence-corrected chi connectivity index (χ1v) is 6.51. The Bertz CT molecular complexity index is 199. The van der Waals surface area contributed by atoms with Crippen molar-refractivity contribution in [1.82, 2.24) is 0 Å². The number of nitrogens with zero attached hydrogens (tertiary/aromatic N) is 1. The molecule has 1 aromatic carbocycles. The van der Waals surface area contributed by atoms with Gasteiger partial charge in [-0.3, -0.25) is 0 Å². The van der Waals surface area contributed by atoms with Crippen LogP contribution < -0.4 is 4.57 Å². The molecule has 1 nitrogen and oxygen atoms in total. The second kappa shape index (κ2) is 4.41. The molecule has 0 aliphatic rings. The largest absolute Gasteiger partial charge is 0.390 e. The summed E-state index contributed by atoms with van der Waals surface area (Å²) in [6.45, 7) is 3.14. The van der Waals surface area contributed by atoms with Gasteiger partial charge in [0.2, 0.25) is 8.99 Å². The molecule has 3 heteroatoms. The van der Waals surface area contributed by atoms with Crippen LogP contribution in [0.1, 0.15) is 6.92 Å².